The Hall–Kier alpha value is -3.02. The molecular formula is C20H22N2O4. The van der Waals surface area contributed by atoms with Crippen LogP contribution in [0.25, 0.3) is 0 Å². The van der Waals surface area contributed by atoms with Crippen molar-refractivity contribution in [2.75, 3.05) is 18.6 Å². The maximum atomic E-state index is 12.6. The number of ether oxygens (including phenoxy) is 2. The van der Waals surface area contributed by atoms with Gasteiger partial charge in [0, 0.05) is 12.1 Å². The van der Waals surface area contributed by atoms with Gasteiger partial charge in [0.2, 0.25) is 5.91 Å². The summed E-state index contributed by atoms with van der Waals surface area (Å²) in [6.07, 6.45) is -0.0149. The zero-order valence-corrected chi connectivity index (χ0v) is 14.9. The number of nitrogens with zero attached hydrogens (tertiary/aromatic N) is 1. The van der Waals surface area contributed by atoms with Crippen molar-refractivity contribution in [3.05, 3.63) is 54.1 Å². The van der Waals surface area contributed by atoms with E-state index in [-0.39, 0.29) is 18.4 Å². The zero-order valence-electron chi connectivity index (χ0n) is 14.9. The molecule has 2 aromatic carbocycles. The molecule has 6 nitrogen and oxygen atoms in total. The normalized spacial score (nSPS) is 15.8. The molecule has 26 heavy (non-hydrogen) atoms. The van der Waals surface area contributed by atoms with E-state index in [0.717, 1.165) is 5.56 Å². The minimum Gasteiger partial charge on any atom is -0.496 e. The molecule has 1 aliphatic heterocycles. The van der Waals surface area contributed by atoms with Crippen LogP contribution in [0, 0.1) is 0 Å². The van der Waals surface area contributed by atoms with E-state index >= 15 is 0 Å². The predicted molar refractivity (Wildman–Crippen MR) is 98.3 cm³/mol. The van der Waals surface area contributed by atoms with Crippen molar-refractivity contribution in [2.24, 2.45) is 0 Å². The third kappa shape index (κ3) is 3.64. The second kappa shape index (κ2) is 7.91. The standard InChI is InChI=1S/C20H22N2O4/c1-3-16-20(24)22(15-9-5-7-11-18(15)26-16)13-19(23)21-12-14-8-4-6-10-17(14)25-2/h4-11,16H,3,12-13H2,1-2H3,(H,21,23). The number of carbonyl (C=O) groups excluding carboxylic acids is 2. The van der Waals surface area contributed by atoms with Crippen LogP contribution < -0.4 is 19.7 Å². The molecule has 0 spiro atoms. The van der Waals surface area contributed by atoms with E-state index in [0.29, 0.717) is 30.2 Å². The average molecular weight is 354 g/mol. The van der Waals surface area contributed by atoms with Gasteiger partial charge < -0.3 is 14.8 Å². The van der Waals surface area contributed by atoms with Crippen LogP contribution in [0.3, 0.4) is 0 Å². The number of benzene rings is 2. The molecule has 1 unspecified atom stereocenters. The number of hydrogen-bond donors (Lipinski definition) is 1. The van der Waals surface area contributed by atoms with Crippen molar-refractivity contribution in [1.29, 1.82) is 0 Å². The minimum atomic E-state index is -0.563. The van der Waals surface area contributed by atoms with Gasteiger partial charge in [-0.15, -0.1) is 0 Å². The highest BCUT2D eigenvalue weighted by Crippen LogP contribution is 2.34. The summed E-state index contributed by atoms with van der Waals surface area (Å²) in [5, 5.41) is 2.85. The van der Waals surface area contributed by atoms with Crippen LogP contribution in [-0.2, 0) is 16.1 Å². The third-order valence-corrected chi connectivity index (χ3v) is 4.31. The number of nitrogens with one attached hydrogen (secondary N) is 1. The van der Waals surface area contributed by atoms with Crippen molar-refractivity contribution in [3.63, 3.8) is 0 Å². The SMILES string of the molecule is CCC1Oc2ccccc2N(CC(=O)NCc2ccccc2OC)C1=O. The Balaban J connectivity index is 1.71. The van der Waals surface area contributed by atoms with Gasteiger partial charge in [-0.3, -0.25) is 14.5 Å². The molecule has 6 heteroatoms. The highest BCUT2D eigenvalue weighted by Gasteiger charge is 2.34. The van der Waals surface area contributed by atoms with Crippen LogP contribution >= 0.6 is 0 Å². The lowest BCUT2D eigenvalue weighted by atomic mass is 10.1. The van der Waals surface area contributed by atoms with Gasteiger partial charge in [-0.25, -0.2) is 0 Å². The van der Waals surface area contributed by atoms with Gasteiger partial charge in [-0.2, -0.15) is 0 Å². The van der Waals surface area contributed by atoms with E-state index < -0.39 is 6.10 Å². The van der Waals surface area contributed by atoms with Gasteiger partial charge in [-0.05, 0) is 24.6 Å². The van der Waals surface area contributed by atoms with Crippen molar-refractivity contribution in [2.45, 2.75) is 26.0 Å². The monoisotopic (exact) mass is 354 g/mol. The number of para-hydroxylation sites is 3. The van der Waals surface area contributed by atoms with E-state index in [9.17, 15) is 9.59 Å². The number of carbonyl (C=O) groups is 2. The molecule has 1 atom stereocenters. The van der Waals surface area contributed by atoms with E-state index in [2.05, 4.69) is 5.32 Å². The Morgan fingerprint density at radius 1 is 1.19 bits per heavy atom. The molecule has 3 rings (SSSR count). The first-order valence-corrected chi connectivity index (χ1v) is 8.59. The fourth-order valence-corrected chi connectivity index (χ4v) is 2.94. The van der Waals surface area contributed by atoms with Crippen LogP contribution in [0.2, 0.25) is 0 Å². The molecule has 1 aliphatic rings. The van der Waals surface area contributed by atoms with E-state index in [1.54, 1.807) is 13.2 Å². The first-order chi connectivity index (χ1) is 12.6. The summed E-state index contributed by atoms with van der Waals surface area (Å²) in [6, 6.07) is 14.8. The predicted octanol–water partition coefficient (Wildman–Crippen LogP) is 2.52. The summed E-state index contributed by atoms with van der Waals surface area (Å²) in [5.74, 6) is 0.901. The van der Waals surface area contributed by atoms with E-state index in [4.69, 9.17) is 9.47 Å². The van der Waals surface area contributed by atoms with Crippen molar-refractivity contribution >= 4 is 17.5 Å². The summed E-state index contributed by atoms with van der Waals surface area (Å²) < 4.78 is 11.0. The summed E-state index contributed by atoms with van der Waals surface area (Å²) in [4.78, 5) is 26.6. The van der Waals surface area contributed by atoms with Gasteiger partial charge in [0.15, 0.2) is 6.10 Å². The fourth-order valence-electron chi connectivity index (χ4n) is 2.94. The van der Waals surface area contributed by atoms with Crippen LogP contribution in [0.1, 0.15) is 18.9 Å². The number of anilines is 1. The Morgan fingerprint density at radius 3 is 2.69 bits per heavy atom. The Morgan fingerprint density at radius 2 is 1.92 bits per heavy atom. The molecule has 1 N–H and O–H groups in total. The summed E-state index contributed by atoms with van der Waals surface area (Å²) in [7, 11) is 1.59. The second-order valence-electron chi connectivity index (χ2n) is 6.00. The topological polar surface area (TPSA) is 67.9 Å². The number of rotatable bonds is 6. The largest absolute Gasteiger partial charge is 0.496 e. The van der Waals surface area contributed by atoms with Gasteiger partial charge >= 0.3 is 0 Å². The quantitative estimate of drug-likeness (QED) is 0.866. The van der Waals surface area contributed by atoms with Crippen molar-refractivity contribution < 1.29 is 19.1 Å². The first-order valence-electron chi connectivity index (χ1n) is 8.59. The molecule has 0 radical (unpaired) electrons. The molecular weight excluding hydrogens is 332 g/mol. The molecule has 2 aromatic rings. The first kappa shape index (κ1) is 17.8. The Kier molecular flexibility index (Phi) is 5.41. The lowest BCUT2D eigenvalue weighted by Gasteiger charge is -2.33. The van der Waals surface area contributed by atoms with Gasteiger partial charge in [0.1, 0.15) is 18.0 Å². The zero-order chi connectivity index (χ0) is 18.5. The lowest BCUT2D eigenvalue weighted by Crippen LogP contribution is -2.49. The lowest BCUT2D eigenvalue weighted by molar-refractivity contribution is -0.129. The summed E-state index contributed by atoms with van der Waals surface area (Å²) >= 11 is 0. The highest BCUT2D eigenvalue weighted by atomic mass is 16.5. The molecule has 0 saturated heterocycles. The van der Waals surface area contributed by atoms with Crippen molar-refractivity contribution in [1.82, 2.24) is 5.32 Å². The molecule has 0 fully saturated rings. The molecule has 0 aliphatic carbocycles. The van der Waals surface area contributed by atoms with Gasteiger partial charge in [-0.1, -0.05) is 37.3 Å². The number of hydrogen-bond acceptors (Lipinski definition) is 4. The smallest absolute Gasteiger partial charge is 0.268 e. The third-order valence-electron chi connectivity index (χ3n) is 4.31. The van der Waals surface area contributed by atoms with Gasteiger partial charge in [0.05, 0.1) is 12.8 Å². The molecule has 136 valence electrons. The fraction of sp³-hybridized carbons (Fsp3) is 0.300. The molecule has 1 heterocycles. The van der Waals surface area contributed by atoms with E-state index in [1.165, 1.54) is 4.90 Å². The van der Waals surface area contributed by atoms with Crippen LogP contribution in [0.15, 0.2) is 48.5 Å². The van der Waals surface area contributed by atoms with Gasteiger partial charge in [0.25, 0.3) is 5.91 Å². The minimum absolute atomic E-state index is 0.0507. The Bertz CT molecular complexity index is 806. The number of amides is 2. The summed E-state index contributed by atoms with van der Waals surface area (Å²) in [5.41, 5.74) is 1.50. The summed E-state index contributed by atoms with van der Waals surface area (Å²) in [6.45, 7) is 2.17. The number of methoxy groups -OCH3 is 1. The molecule has 2 amide bonds. The molecule has 0 aromatic heterocycles. The molecule has 0 saturated carbocycles. The van der Waals surface area contributed by atoms with Crippen LogP contribution in [0.4, 0.5) is 5.69 Å². The average Bonchev–Trinajstić information content (AvgIpc) is 2.68. The maximum Gasteiger partial charge on any atom is 0.268 e. The highest BCUT2D eigenvalue weighted by molar-refractivity contribution is 6.03. The van der Waals surface area contributed by atoms with Crippen molar-refractivity contribution in [3.8, 4) is 11.5 Å². The van der Waals surface area contributed by atoms with Crippen LogP contribution in [0.5, 0.6) is 11.5 Å². The molecule has 0 bridgehead atoms. The van der Waals surface area contributed by atoms with E-state index in [1.807, 2.05) is 49.4 Å². The Labute approximate surface area is 152 Å². The van der Waals surface area contributed by atoms with Crippen LogP contribution in [-0.4, -0.2) is 31.6 Å². The maximum absolute atomic E-state index is 12.6. The second-order valence-corrected chi connectivity index (χ2v) is 6.00. The number of fused-ring (bicyclic) bond motifs is 1.